The first-order valence-corrected chi connectivity index (χ1v) is 9.14. The van der Waals surface area contributed by atoms with Gasteiger partial charge >= 0.3 is 0 Å². The number of hydrazine groups is 1. The van der Waals surface area contributed by atoms with Gasteiger partial charge in [-0.2, -0.15) is 5.01 Å². The average Bonchev–Trinajstić information content (AvgIpc) is 2.90. The summed E-state index contributed by atoms with van der Waals surface area (Å²) in [4.78, 5) is 25.3. The molecule has 3 rings (SSSR count). The van der Waals surface area contributed by atoms with Gasteiger partial charge in [-0.05, 0) is 48.5 Å². The fraction of sp³-hybridized carbons (Fsp3) is 0.0500. The number of benzene rings is 2. The molecule has 2 aromatic rings. The van der Waals surface area contributed by atoms with E-state index in [1.54, 1.807) is 30.3 Å². The minimum absolute atomic E-state index is 0.304. The maximum Gasteiger partial charge on any atom is 0.285 e. The van der Waals surface area contributed by atoms with Crippen molar-refractivity contribution in [3.8, 4) is 0 Å². The SMILES string of the molecule is CC(=C/c1ccccc1)/C=C1\SC(=S)N(NC(=O)c2ccccc2)C1=O. The van der Waals surface area contributed by atoms with E-state index in [0.29, 0.717) is 14.8 Å². The second-order valence-corrected chi connectivity index (χ2v) is 7.30. The standard InChI is InChI=1S/C20H16N2O2S2/c1-14(12-15-8-4-2-5-9-15)13-17-19(24)22(20(25)26-17)21-18(23)16-10-6-3-7-11-16/h2-13H,1H3,(H,21,23)/b14-12-,17-13-. The normalized spacial score (nSPS) is 16.3. The second kappa shape index (κ2) is 8.12. The summed E-state index contributed by atoms with van der Waals surface area (Å²) in [7, 11) is 0. The quantitative estimate of drug-likeness (QED) is 0.639. The van der Waals surface area contributed by atoms with Crippen LogP contribution >= 0.6 is 24.0 Å². The molecular formula is C20H16N2O2S2. The minimum Gasteiger partial charge on any atom is -0.267 e. The zero-order chi connectivity index (χ0) is 18.5. The molecular weight excluding hydrogens is 364 g/mol. The maximum atomic E-state index is 12.6. The van der Waals surface area contributed by atoms with Crippen molar-refractivity contribution in [1.82, 2.24) is 10.4 Å². The molecule has 4 nitrogen and oxygen atoms in total. The molecule has 1 fully saturated rings. The lowest BCUT2D eigenvalue weighted by Crippen LogP contribution is -2.44. The van der Waals surface area contributed by atoms with Crippen LogP contribution < -0.4 is 5.43 Å². The van der Waals surface area contributed by atoms with Crippen molar-refractivity contribution in [2.75, 3.05) is 0 Å². The van der Waals surface area contributed by atoms with E-state index in [2.05, 4.69) is 5.43 Å². The molecule has 1 aliphatic rings. The molecule has 6 heteroatoms. The fourth-order valence-corrected chi connectivity index (χ4v) is 3.61. The van der Waals surface area contributed by atoms with Gasteiger partial charge in [0.05, 0.1) is 4.91 Å². The highest BCUT2D eigenvalue weighted by molar-refractivity contribution is 8.26. The molecule has 1 aliphatic heterocycles. The van der Waals surface area contributed by atoms with Crippen molar-refractivity contribution in [3.05, 3.63) is 88.3 Å². The van der Waals surface area contributed by atoms with Gasteiger partial charge in [-0.3, -0.25) is 15.0 Å². The molecule has 0 atom stereocenters. The van der Waals surface area contributed by atoms with Crippen molar-refractivity contribution in [2.45, 2.75) is 6.92 Å². The highest BCUT2D eigenvalue weighted by atomic mass is 32.2. The molecule has 0 radical (unpaired) electrons. The van der Waals surface area contributed by atoms with Gasteiger partial charge in [-0.1, -0.05) is 66.4 Å². The maximum absolute atomic E-state index is 12.6. The molecule has 130 valence electrons. The van der Waals surface area contributed by atoms with Crippen molar-refractivity contribution in [3.63, 3.8) is 0 Å². The van der Waals surface area contributed by atoms with E-state index >= 15 is 0 Å². The Morgan fingerprint density at radius 1 is 1.08 bits per heavy atom. The van der Waals surface area contributed by atoms with Crippen LogP contribution in [-0.4, -0.2) is 21.1 Å². The molecule has 26 heavy (non-hydrogen) atoms. The number of carbonyl (C=O) groups excluding carboxylic acids is 2. The second-order valence-electron chi connectivity index (χ2n) is 5.62. The van der Waals surface area contributed by atoms with Crippen molar-refractivity contribution in [1.29, 1.82) is 0 Å². The van der Waals surface area contributed by atoms with E-state index in [1.165, 1.54) is 11.8 Å². The number of carbonyl (C=O) groups is 2. The average molecular weight is 380 g/mol. The van der Waals surface area contributed by atoms with Crippen molar-refractivity contribution < 1.29 is 9.59 Å². The number of rotatable bonds is 4. The third kappa shape index (κ3) is 4.28. The fourth-order valence-electron chi connectivity index (χ4n) is 2.38. The Balaban J connectivity index is 1.74. The molecule has 1 saturated heterocycles. The predicted molar refractivity (Wildman–Crippen MR) is 109 cm³/mol. The van der Waals surface area contributed by atoms with Crippen LogP contribution in [0.1, 0.15) is 22.8 Å². The van der Waals surface area contributed by atoms with Gasteiger partial charge in [0.25, 0.3) is 11.8 Å². The molecule has 0 unspecified atom stereocenters. The molecule has 2 aromatic carbocycles. The van der Waals surface area contributed by atoms with E-state index < -0.39 is 0 Å². The first-order valence-electron chi connectivity index (χ1n) is 7.92. The van der Waals surface area contributed by atoms with Gasteiger partial charge in [-0.15, -0.1) is 0 Å². The van der Waals surface area contributed by atoms with Crippen LogP contribution in [0.3, 0.4) is 0 Å². The van der Waals surface area contributed by atoms with E-state index in [9.17, 15) is 9.59 Å². The van der Waals surface area contributed by atoms with Crippen LogP contribution in [-0.2, 0) is 4.79 Å². The Labute approximate surface area is 161 Å². The van der Waals surface area contributed by atoms with E-state index in [1.807, 2.05) is 49.4 Å². The number of nitrogens with one attached hydrogen (secondary N) is 1. The summed E-state index contributed by atoms with van der Waals surface area (Å²) in [6.07, 6.45) is 3.76. The number of hydrogen-bond acceptors (Lipinski definition) is 4. The summed E-state index contributed by atoms with van der Waals surface area (Å²) >= 11 is 6.41. The molecule has 0 spiro atoms. The monoisotopic (exact) mass is 380 g/mol. The highest BCUT2D eigenvalue weighted by Gasteiger charge is 2.33. The first kappa shape index (κ1) is 18.1. The Bertz CT molecular complexity index is 906. The van der Waals surface area contributed by atoms with Crippen LogP contribution in [0, 0.1) is 0 Å². The summed E-state index contributed by atoms with van der Waals surface area (Å²) < 4.78 is 0.304. The lowest BCUT2D eigenvalue weighted by molar-refractivity contribution is -0.123. The van der Waals surface area contributed by atoms with Gasteiger partial charge in [0.15, 0.2) is 4.32 Å². The predicted octanol–water partition coefficient (Wildman–Crippen LogP) is 4.18. The molecule has 1 N–H and O–H groups in total. The van der Waals surface area contributed by atoms with E-state index in [0.717, 1.165) is 16.1 Å². The topological polar surface area (TPSA) is 49.4 Å². The summed E-state index contributed by atoms with van der Waals surface area (Å²) in [5.74, 6) is -0.704. The van der Waals surface area contributed by atoms with Gasteiger partial charge in [0.1, 0.15) is 0 Å². The smallest absolute Gasteiger partial charge is 0.267 e. The summed E-state index contributed by atoms with van der Waals surface area (Å²) in [5.41, 5.74) is 5.01. The third-order valence-corrected chi connectivity index (χ3v) is 4.90. The largest absolute Gasteiger partial charge is 0.285 e. The number of thiocarbonyl (C=S) groups is 1. The zero-order valence-corrected chi connectivity index (χ0v) is 15.6. The Kier molecular flexibility index (Phi) is 5.65. The van der Waals surface area contributed by atoms with Crippen LogP contribution in [0.2, 0.25) is 0 Å². The van der Waals surface area contributed by atoms with Crippen molar-refractivity contribution in [2.24, 2.45) is 0 Å². The Morgan fingerprint density at radius 3 is 2.35 bits per heavy atom. The van der Waals surface area contributed by atoms with Crippen LogP contribution in [0.15, 0.2) is 77.2 Å². The van der Waals surface area contributed by atoms with E-state index in [-0.39, 0.29) is 11.8 Å². The Morgan fingerprint density at radius 2 is 1.69 bits per heavy atom. The number of allylic oxidation sites excluding steroid dienone is 2. The summed E-state index contributed by atoms with van der Waals surface area (Å²) in [5, 5.41) is 1.12. The van der Waals surface area contributed by atoms with Gasteiger partial charge in [0.2, 0.25) is 0 Å². The zero-order valence-electron chi connectivity index (χ0n) is 14.0. The summed E-state index contributed by atoms with van der Waals surface area (Å²) in [6, 6.07) is 18.5. The highest BCUT2D eigenvalue weighted by Crippen LogP contribution is 2.31. The number of thioether (sulfide) groups is 1. The van der Waals surface area contributed by atoms with Gasteiger partial charge in [-0.25, -0.2) is 0 Å². The Hall–Kier alpha value is -2.70. The van der Waals surface area contributed by atoms with Gasteiger partial charge < -0.3 is 0 Å². The van der Waals surface area contributed by atoms with Crippen LogP contribution in [0.25, 0.3) is 6.08 Å². The third-order valence-electron chi connectivity index (χ3n) is 3.60. The number of amides is 2. The summed E-state index contributed by atoms with van der Waals surface area (Å²) in [6.45, 7) is 1.92. The van der Waals surface area contributed by atoms with Gasteiger partial charge in [0, 0.05) is 5.56 Å². The molecule has 2 amide bonds. The molecule has 0 saturated carbocycles. The lowest BCUT2D eigenvalue weighted by atomic mass is 10.1. The molecule has 0 aromatic heterocycles. The molecule has 0 aliphatic carbocycles. The minimum atomic E-state index is -0.375. The van der Waals surface area contributed by atoms with Crippen LogP contribution in [0.5, 0.6) is 0 Å². The molecule has 1 heterocycles. The van der Waals surface area contributed by atoms with Crippen molar-refractivity contribution >= 4 is 46.2 Å². The molecule has 0 bridgehead atoms. The lowest BCUT2D eigenvalue weighted by Gasteiger charge is -2.15. The number of nitrogens with zero attached hydrogens (tertiary/aromatic N) is 1. The first-order chi connectivity index (χ1) is 12.5. The number of hydrogen-bond donors (Lipinski definition) is 1. The van der Waals surface area contributed by atoms with E-state index in [4.69, 9.17) is 12.2 Å². The van der Waals surface area contributed by atoms with Crippen LogP contribution in [0.4, 0.5) is 0 Å².